The molecule has 2 rings (SSSR count). The SMILES string of the molecule is CCOC(=O)C1=C(CC)NC(=O)NC1c1ccc(O)c(Br)c1. The van der Waals surface area contributed by atoms with Gasteiger partial charge in [0.05, 0.1) is 22.7 Å². The van der Waals surface area contributed by atoms with Crippen LogP contribution >= 0.6 is 15.9 Å². The molecule has 0 spiro atoms. The maximum atomic E-state index is 12.3. The van der Waals surface area contributed by atoms with Gasteiger partial charge in [-0.15, -0.1) is 0 Å². The summed E-state index contributed by atoms with van der Waals surface area (Å²) in [5, 5.41) is 15.0. The largest absolute Gasteiger partial charge is 0.507 e. The van der Waals surface area contributed by atoms with Gasteiger partial charge in [0.25, 0.3) is 0 Å². The van der Waals surface area contributed by atoms with Crippen molar-refractivity contribution in [1.82, 2.24) is 10.6 Å². The minimum atomic E-state index is -0.625. The normalized spacial score (nSPS) is 17.8. The molecule has 1 atom stereocenters. The highest BCUT2D eigenvalue weighted by atomic mass is 79.9. The number of urea groups is 1. The number of benzene rings is 1. The van der Waals surface area contributed by atoms with Crippen LogP contribution in [0.1, 0.15) is 31.9 Å². The molecule has 2 amide bonds. The molecule has 22 heavy (non-hydrogen) atoms. The number of nitrogens with one attached hydrogen (secondary N) is 2. The van der Waals surface area contributed by atoms with Crippen molar-refractivity contribution in [1.29, 1.82) is 0 Å². The second-order valence-corrected chi connectivity index (χ2v) is 5.56. The van der Waals surface area contributed by atoms with Crippen molar-refractivity contribution in [2.75, 3.05) is 6.61 Å². The first-order valence-electron chi connectivity index (χ1n) is 6.94. The third-order valence-electron chi connectivity index (χ3n) is 3.31. The van der Waals surface area contributed by atoms with E-state index in [1.165, 1.54) is 6.07 Å². The summed E-state index contributed by atoms with van der Waals surface area (Å²) >= 11 is 3.24. The summed E-state index contributed by atoms with van der Waals surface area (Å²) in [5.74, 6) is -0.387. The standard InChI is InChI=1S/C15H17BrN2O4/c1-3-10-12(14(20)22-4-2)13(18-15(21)17-10)8-5-6-11(19)9(16)7-8/h5-7,13,19H,3-4H2,1-2H3,(H2,17,18,21). The number of carbonyl (C=O) groups is 2. The summed E-state index contributed by atoms with van der Waals surface area (Å²) < 4.78 is 5.59. The van der Waals surface area contributed by atoms with Gasteiger partial charge in [0.15, 0.2) is 0 Å². The third-order valence-corrected chi connectivity index (χ3v) is 3.94. The predicted octanol–water partition coefficient (Wildman–Crippen LogP) is 2.74. The number of allylic oxidation sites excluding steroid dienone is 1. The Hall–Kier alpha value is -2.02. The fourth-order valence-corrected chi connectivity index (χ4v) is 2.70. The number of halogens is 1. The second kappa shape index (κ2) is 6.83. The van der Waals surface area contributed by atoms with Gasteiger partial charge < -0.3 is 20.5 Å². The van der Waals surface area contributed by atoms with Crippen molar-refractivity contribution in [3.63, 3.8) is 0 Å². The molecule has 0 saturated carbocycles. The van der Waals surface area contributed by atoms with E-state index in [0.29, 0.717) is 27.7 Å². The molecule has 0 aliphatic carbocycles. The molecule has 0 saturated heterocycles. The Morgan fingerprint density at radius 3 is 2.73 bits per heavy atom. The van der Waals surface area contributed by atoms with E-state index in [1.807, 2.05) is 6.92 Å². The third kappa shape index (κ3) is 3.24. The number of carbonyl (C=O) groups excluding carboxylic acids is 2. The van der Waals surface area contributed by atoms with Crippen LogP contribution in [0, 0.1) is 0 Å². The maximum Gasteiger partial charge on any atom is 0.338 e. The predicted molar refractivity (Wildman–Crippen MR) is 84.2 cm³/mol. The molecular weight excluding hydrogens is 352 g/mol. The van der Waals surface area contributed by atoms with Gasteiger partial charge in [-0.05, 0) is 47.0 Å². The number of aromatic hydroxyl groups is 1. The van der Waals surface area contributed by atoms with Crippen LogP contribution in [0.2, 0.25) is 0 Å². The zero-order chi connectivity index (χ0) is 16.3. The van der Waals surface area contributed by atoms with E-state index in [4.69, 9.17) is 4.74 Å². The number of hydrogen-bond donors (Lipinski definition) is 3. The Labute approximate surface area is 136 Å². The van der Waals surface area contributed by atoms with Gasteiger partial charge in [0.2, 0.25) is 0 Å². The summed E-state index contributed by atoms with van der Waals surface area (Å²) in [6, 6.07) is 3.82. The van der Waals surface area contributed by atoms with Crippen LogP contribution in [-0.2, 0) is 9.53 Å². The van der Waals surface area contributed by atoms with Crippen LogP contribution in [0.15, 0.2) is 33.9 Å². The molecule has 118 valence electrons. The van der Waals surface area contributed by atoms with Crippen LogP contribution in [-0.4, -0.2) is 23.7 Å². The van der Waals surface area contributed by atoms with E-state index in [0.717, 1.165) is 0 Å². The van der Waals surface area contributed by atoms with Gasteiger partial charge in [-0.3, -0.25) is 0 Å². The smallest absolute Gasteiger partial charge is 0.338 e. The quantitative estimate of drug-likeness (QED) is 0.713. The molecule has 1 heterocycles. The zero-order valence-corrected chi connectivity index (χ0v) is 13.9. The molecular formula is C15H17BrN2O4. The lowest BCUT2D eigenvalue weighted by Gasteiger charge is -2.29. The highest BCUT2D eigenvalue weighted by molar-refractivity contribution is 9.10. The van der Waals surface area contributed by atoms with Crippen LogP contribution in [0.3, 0.4) is 0 Å². The van der Waals surface area contributed by atoms with Crippen molar-refractivity contribution in [3.8, 4) is 5.75 Å². The molecule has 3 N–H and O–H groups in total. The Bertz CT molecular complexity index is 642. The van der Waals surface area contributed by atoms with Crippen molar-refractivity contribution in [2.45, 2.75) is 26.3 Å². The average molecular weight is 369 g/mol. The fraction of sp³-hybridized carbons (Fsp3) is 0.333. The van der Waals surface area contributed by atoms with Gasteiger partial charge in [-0.1, -0.05) is 13.0 Å². The summed E-state index contributed by atoms with van der Waals surface area (Å²) in [6.07, 6.45) is 0.497. The lowest BCUT2D eigenvalue weighted by molar-refractivity contribution is -0.139. The van der Waals surface area contributed by atoms with E-state index in [1.54, 1.807) is 19.1 Å². The monoisotopic (exact) mass is 368 g/mol. The molecule has 0 fully saturated rings. The second-order valence-electron chi connectivity index (χ2n) is 4.71. The van der Waals surface area contributed by atoms with Crippen molar-refractivity contribution in [2.24, 2.45) is 0 Å². The van der Waals surface area contributed by atoms with Crippen LogP contribution in [0.5, 0.6) is 5.75 Å². The first-order valence-corrected chi connectivity index (χ1v) is 7.73. The molecule has 1 unspecified atom stereocenters. The molecule has 1 aliphatic rings. The molecule has 0 radical (unpaired) electrons. The van der Waals surface area contributed by atoms with Crippen LogP contribution < -0.4 is 10.6 Å². The molecule has 7 heteroatoms. The summed E-state index contributed by atoms with van der Waals surface area (Å²) in [5.41, 5.74) is 1.59. The van der Waals surface area contributed by atoms with Gasteiger partial charge in [0, 0.05) is 5.70 Å². The number of ether oxygens (including phenoxy) is 1. The number of phenolic OH excluding ortho intramolecular Hbond substituents is 1. The Morgan fingerprint density at radius 1 is 1.41 bits per heavy atom. The van der Waals surface area contributed by atoms with Gasteiger partial charge in [0.1, 0.15) is 5.75 Å². The van der Waals surface area contributed by atoms with E-state index in [2.05, 4.69) is 26.6 Å². The minimum Gasteiger partial charge on any atom is -0.507 e. The van der Waals surface area contributed by atoms with E-state index in [9.17, 15) is 14.7 Å². The van der Waals surface area contributed by atoms with E-state index < -0.39 is 12.0 Å². The first kappa shape index (κ1) is 16.4. The Kier molecular flexibility index (Phi) is 5.07. The summed E-state index contributed by atoms with van der Waals surface area (Å²) in [6.45, 7) is 3.83. The number of amides is 2. The highest BCUT2D eigenvalue weighted by Gasteiger charge is 2.33. The first-order chi connectivity index (χ1) is 10.5. The maximum absolute atomic E-state index is 12.3. The zero-order valence-electron chi connectivity index (χ0n) is 12.3. The lowest BCUT2D eigenvalue weighted by Crippen LogP contribution is -2.45. The number of esters is 1. The Morgan fingerprint density at radius 2 is 2.14 bits per heavy atom. The Balaban J connectivity index is 2.51. The molecule has 6 nitrogen and oxygen atoms in total. The van der Waals surface area contributed by atoms with E-state index >= 15 is 0 Å². The van der Waals surface area contributed by atoms with Gasteiger partial charge in [-0.2, -0.15) is 0 Å². The van der Waals surface area contributed by atoms with Crippen molar-refractivity contribution in [3.05, 3.63) is 39.5 Å². The van der Waals surface area contributed by atoms with Gasteiger partial charge in [-0.25, -0.2) is 9.59 Å². The number of rotatable bonds is 4. The van der Waals surface area contributed by atoms with Crippen molar-refractivity contribution >= 4 is 27.9 Å². The molecule has 0 aromatic heterocycles. The van der Waals surface area contributed by atoms with Gasteiger partial charge >= 0.3 is 12.0 Å². The van der Waals surface area contributed by atoms with Crippen LogP contribution in [0.4, 0.5) is 4.79 Å². The fourth-order valence-electron chi connectivity index (χ4n) is 2.30. The van der Waals surface area contributed by atoms with Crippen LogP contribution in [0.25, 0.3) is 0 Å². The van der Waals surface area contributed by atoms with Crippen molar-refractivity contribution < 1.29 is 19.4 Å². The molecule has 1 aromatic rings. The lowest BCUT2D eigenvalue weighted by atomic mass is 9.94. The number of hydrogen-bond acceptors (Lipinski definition) is 4. The summed E-state index contributed by atoms with van der Waals surface area (Å²) in [7, 11) is 0. The molecule has 0 bridgehead atoms. The van der Waals surface area contributed by atoms with E-state index in [-0.39, 0.29) is 18.4 Å². The highest BCUT2D eigenvalue weighted by Crippen LogP contribution is 2.33. The molecule has 1 aliphatic heterocycles. The average Bonchev–Trinajstić information content (AvgIpc) is 2.49. The topological polar surface area (TPSA) is 87.7 Å². The molecule has 1 aromatic carbocycles. The minimum absolute atomic E-state index is 0.0846. The number of phenols is 1. The summed E-state index contributed by atoms with van der Waals surface area (Å²) in [4.78, 5) is 24.1.